The Labute approximate surface area is 122 Å². The van der Waals surface area contributed by atoms with Gasteiger partial charge in [0.05, 0.1) is 10.5 Å². The van der Waals surface area contributed by atoms with Crippen LogP contribution in [0.15, 0.2) is 18.2 Å². The number of anilines is 1. The predicted molar refractivity (Wildman–Crippen MR) is 78.2 cm³/mol. The molecule has 21 heavy (non-hydrogen) atoms. The minimum atomic E-state index is -0.655. The number of rotatable bonds is 4. The van der Waals surface area contributed by atoms with Crippen LogP contribution in [-0.2, 0) is 0 Å². The zero-order valence-electron chi connectivity index (χ0n) is 11.5. The molecule has 0 saturated carbocycles. The molecule has 2 fully saturated rings. The van der Waals surface area contributed by atoms with Crippen molar-refractivity contribution in [3.05, 3.63) is 33.9 Å². The summed E-state index contributed by atoms with van der Waals surface area (Å²) in [5.74, 6) is -0.655. The molecule has 0 radical (unpaired) electrons. The van der Waals surface area contributed by atoms with Gasteiger partial charge in [-0.25, -0.2) is 0 Å². The van der Waals surface area contributed by atoms with Crippen molar-refractivity contribution in [1.82, 2.24) is 5.32 Å². The summed E-state index contributed by atoms with van der Waals surface area (Å²) in [6.07, 6.45) is 4.36. The number of carbonyl (C=O) groups excluding carboxylic acids is 1. The Kier molecular flexibility index (Phi) is 3.50. The van der Waals surface area contributed by atoms with E-state index in [0.29, 0.717) is 17.8 Å². The van der Waals surface area contributed by atoms with Crippen LogP contribution in [0.1, 0.15) is 36.0 Å². The standard InChI is InChI=1S/C14H18N4O3/c15-14(19)12-7-11(18(20)21)3-4-13(12)17-10-5-8-1-2-9(6-10)16-8/h3-4,7-10,16-17H,1-2,5-6H2,(H2,15,19). The summed E-state index contributed by atoms with van der Waals surface area (Å²) >= 11 is 0. The number of benzene rings is 1. The van der Waals surface area contributed by atoms with Gasteiger partial charge in [0.1, 0.15) is 0 Å². The van der Waals surface area contributed by atoms with Crippen molar-refractivity contribution in [3.63, 3.8) is 0 Å². The Morgan fingerprint density at radius 1 is 1.33 bits per heavy atom. The Bertz CT molecular complexity index is 578. The second-order valence-corrected chi connectivity index (χ2v) is 5.80. The minimum Gasteiger partial charge on any atom is -0.382 e. The number of nitrogens with zero attached hydrogens (tertiary/aromatic N) is 1. The summed E-state index contributed by atoms with van der Waals surface area (Å²) in [4.78, 5) is 21.8. The van der Waals surface area contributed by atoms with E-state index in [1.54, 1.807) is 6.07 Å². The van der Waals surface area contributed by atoms with Crippen molar-refractivity contribution in [2.75, 3.05) is 5.32 Å². The molecule has 7 nitrogen and oxygen atoms in total. The average Bonchev–Trinajstić information content (AvgIpc) is 2.78. The lowest BCUT2D eigenvalue weighted by Gasteiger charge is -2.30. The first-order valence-electron chi connectivity index (χ1n) is 7.14. The van der Waals surface area contributed by atoms with Gasteiger partial charge in [0.25, 0.3) is 11.6 Å². The molecule has 0 spiro atoms. The molecule has 4 N–H and O–H groups in total. The monoisotopic (exact) mass is 290 g/mol. The van der Waals surface area contributed by atoms with Gasteiger partial charge in [-0.15, -0.1) is 0 Å². The number of carbonyl (C=O) groups is 1. The summed E-state index contributed by atoms with van der Waals surface area (Å²) in [5, 5.41) is 17.7. The normalized spacial score (nSPS) is 27.3. The fraction of sp³-hybridized carbons (Fsp3) is 0.500. The molecule has 1 aromatic rings. The number of fused-ring (bicyclic) bond motifs is 2. The van der Waals surface area contributed by atoms with Gasteiger partial charge in [-0.05, 0) is 31.7 Å². The number of amides is 1. The number of hydrogen-bond donors (Lipinski definition) is 3. The van der Waals surface area contributed by atoms with Gasteiger partial charge in [-0.1, -0.05) is 0 Å². The molecule has 2 bridgehead atoms. The fourth-order valence-electron chi connectivity index (χ4n) is 3.37. The summed E-state index contributed by atoms with van der Waals surface area (Å²) in [6, 6.07) is 5.52. The first-order chi connectivity index (χ1) is 10.0. The largest absolute Gasteiger partial charge is 0.382 e. The zero-order valence-corrected chi connectivity index (χ0v) is 11.5. The van der Waals surface area contributed by atoms with Gasteiger partial charge in [0.15, 0.2) is 0 Å². The van der Waals surface area contributed by atoms with Gasteiger partial charge in [0, 0.05) is 35.9 Å². The molecule has 3 rings (SSSR count). The minimum absolute atomic E-state index is 0.125. The molecule has 112 valence electrons. The molecule has 2 heterocycles. The molecule has 2 saturated heterocycles. The Balaban J connectivity index is 1.81. The van der Waals surface area contributed by atoms with Gasteiger partial charge in [0.2, 0.25) is 0 Å². The van der Waals surface area contributed by atoms with Gasteiger partial charge in [-0.2, -0.15) is 0 Å². The molecule has 1 aromatic carbocycles. The molecule has 7 heteroatoms. The summed E-state index contributed by atoms with van der Waals surface area (Å²) in [5.41, 5.74) is 5.98. The zero-order chi connectivity index (χ0) is 15.0. The van der Waals surface area contributed by atoms with Gasteiger partial charge >= 0.3 is 0 Å². The highest BCUT2D eigenvalue weighted by Gasteiger charge is 2.33. The smallest absolute Gasteiger partial charge is 0.270 e. The van der Waals surface area contributed by atoms with Crippen molar-refractivity contribution in [3.8, 4) is 0 Å². The topological polar surface area (TPSA) is 110 Å². The van der Waals surface area contributed by atoms with Crippen molar-refractivity contribution in [2.24, 2.45) is 5.73 Å². The summed E-state index contributed by atoms with van der Waals surface area (Å²) in [6.45, 7) is 0. The Morgan fingerprint density at radius 3 is 2.57 bits per heavy atom. The Hall–Kier alpha value is -2.15. The van der Waals surface area contributed by atoms with E-state index in [4.69, 9.17) is 5.73 Å². The van der Waals surface area contributed by atoms with Crippen LogP contribution in [0.2, 0.25) is 0 Å². The highest BCUT2D eigenvalue weighted by atomic mass is 16.6. The lowest BCUT2D eigenvalue weighted by Crippen LogP contribution is -2.43. The lowest BCUT2D eigenvalue weighted by molar-refractivity contribution is -0.384. The van der Waals surface area contributed by atoms with E-state index in [2.05, 4.69) is 10.6 Å². The SMILES string of the molecule is NC(=O)c1cc([N+](=O)[O-])ccc1NC1CC2CCC(C1)N2. The van der Waals surface area contributed by atoms with Crippen molar-refractivity contribution in [1.29, 1.82) is 0 Å². The number of primary amides is 1. The van der Waals surface area contributed by atoms with E-state index in [9.17, 15) is 14.9 Å². The summed E-state index contributed by atoms with van der Waals surface area (Å²) in [7, 11) is 0. The Morgan fingerprint density at radius 2 is 2.00 bits per heavy atom. The molecule has 2 unspecified atom stereocenters. The maximum Gasteiger partial charge on any atom is 0.270 e. The number of nitro groups is 1. The van der Waals surface area contributed by atoms with Crippen LogP contribution in [0.3, 0.4) is 0 Å². The number of piperidine rings is 1. The molecular formula is C14H18N4O3. The van der Waals surface area contributed by atoms with Crippen LogP contribution >= 0.6 is 0 Å². The molecule has 1 amide bonds. The van der Waals surface area contributed by atoms with E-state index in [-0.39, 0.29) is 17.3 Å². The van der Waals surface area contributed by atoms with Crippen LogP contribution < -0.4 is 16.4 Å². The van der Waals surface area contributed by atoms with Crippen molar-refractivity contribution >= 4 is 17.3 Å². The quantitative estimate of drug-likeness (QED) is 0.573. The van der Waals surface area contributed by atoms with E-state index >= 15 is 0 Å². The lowest BCUT2D eigenvalue weighted by atomic mass is 9.99. The average molecular weight is 290 g/mol. The van der Waals surface area contributed by atoms with E-state index in [0.717, 1.165) is 12.8 Å². The predicted octanol–water partition coefficient (Wildman–Crippen LogP) is 1.39. The third kappa shape index (κ3) is 2.82. The van der Waals surface area contributed by atoms with Gasteiger partial charge < -0.3 is 16.4 Å². The second-order valence-electron chi connectivity index (χ2n) is 5.80. The highest BCUT2D eigenvalue weighted by Crippen LogP contribution is 2.30. The van der Waals surface area contributed by atoms with E-state index < -0.39 is 10.8 Å². The molecule has 2 aliphatic heterocycles. The van der Waals surface area contributed by atoms with Crippen LogP contribution in [0.4, 0.5) is 11.4 Å². The van der Waals surface area contributed by atoms with Crippen LogP contribution in [-0.4, -0.2) is 29.0 Å². The van der Waals surface area contributed by atoms with Crippen LogP contribution in [0.25, 0.3) is 0 Å². The van der Waals surface area contributed by atoms with E-state index in [1.807, 2.05) is 0 Å². The number of nitro benzene ring substituents is 1. The van der Waals surface area contributed by atoms with Crippen molar-refractivity contribution < 1.29 is 9.72 Å². The molecule has 2 aliphatic rings. The number of non-ortho nitro benzene ring substituents is 1. The maximum atomic E-state index is 11.5. The fourth-order valence-corrected chi connectivity index (χ4v) is 3.37. The molecule has 0 aromatic heterocycles. The van der Waals surface area contributed by atoms with Crippen LogP contribution in [0, 0.1) is 10.1 Å². The first kappa shape index (κ1) is 13.8. The molecule has 2 atom stereocenters. The maximum absolute atomic E-state index is 11.5. The number of nitrogens with two attached hydrogens (primary N) is 1. The van der Waals surface area contributed by atoms with Crippen molar-refractivity contribution in [2.45, 2.75) is 43.8 Å². The number of hydrogen-bond acceptors (Lipinski definition) is 5. The third-order valence-electron chi connectivity index (χ3n) is 4.31. The van der Waals surface area contributed by atoms with Gasteiger partial charge in [-0.3, -0.25) is 14.9 Å². The molecular weight excluding hydrogens is 272 g/mol. The van der Waals surface area contributed by atoms with Crippen LogP contribution in [0.5, 0.6) is 0 Å². The molecule has 0 aliphatic carbocycles. The first-order valence-corrected chi connectivity index (χ1v) is 7.14. The number of nitrogens with one attached hydrogen (secondary N) is 2. The second kappa shape index (κ2) is 5.33. The highest BCUT2D eigenvalue weighted by molar-refractivity contribution is 5.99. The summed E-state index contributed by atoms with van der Waals surface area (Å²) < 4.78 is 0. The third-order valence-corrected chi connectivity index (χ3v) is 4.31. The van der Waals surface area contributed by atoms with E-state index in [1.165, 1.54) is 25.0 Å².